The standard InChI is InChI=1S/C28H29N3O7/c1-31(27(36)25-22(33)4-2-5-23(25)34)19-11-7-18(8-12-19)28(37)38-24-6-3-15-29-16-21(24)30-26(35)17-9-13-20(32)14-10-17/h2,4-5,7-14,21,24,29,32-34H,3,6,15-16H2,1H3,(H,30,35)/t21-,24-/m1/s1. The van der Waals surface area contributed by atoms with Gasteiger partial charge in [0.25, 0.3) is 11.8 Å². The van der Waals surface area contributed by atoms with Gasteiger partial charge < -0.3 is 35.6 Å². The van der Waals surface area contributed by atoms with Crippen LogP contribution >= 0.6 is 0 Å². The van der Waals surface area contributed by atoms with E-state index < -0.39 is 24.0 Å². The second-order valence-electron chi connectivity index (χ2n) is 9.00. The summed E-state index contributed by atoms with van der Waals surface area (Å²) in [6, 6.07) is 15.6. The highest BCUT2D eigenvalue weighted by molar-refractivity contribution is 6.09. The van der Waals surface area contributed by atoms with Gasteiger partial charge in [-0.15, -0.1) is 0 Å². The predicted molar refractivity (Wildman–Crippen MR) is 140 cm³/mol. The lowest BCUT2D eigenvalue weighted by Gasteiger charge is -2.26. The monoisotopic (exact) mass is 519 g/mol. The van der Waals surface area contributed by atoms with E-state index in [1.165, 1.54) is 66.5 Å². The number of phenols is 3. The van der Waals surface area contributed by atoms with Crippen LogP contribution in [0.5, 0.6) is 17.2 Å². The van der Waals surface area contributed by atoms with Crippen LogP contribution in [-0.4, -0.2) is 65.4 Å². The average molecular weight is 520 g/mol. The van der Waals surface area contributed by atoms with E-state index in [2.05, 4.69) is 10.6 Å². The van der Waals surface area contributed by atoms with Crippen molar-refractivity contribution in [2.24, 2.45) is 0 Å². The molecule has 0 radical (unpaired) electrons. The maximum Gasteiger partial charge on any atom is 0.338 e. The zero-order valence-corrected chi connectivity index (χ0v) is 20.8. The Hall–Kier alpha value is -4.57. The molecule has 0 aromatic heterocycles. The molecule has 1 saturated heterocycles. The molecule has 1 aliphatic rings. The number of hydrogen-bond acceptors (Lipinski definition) is 8. The van der Waals surface area contributed by atoms with Crippen LogP contribution in [-0.2, 0) is 4.74 Å². The van der Waals surface area contributed by atoms with Crippen LogP contribution in [0.25, 0.3) is 0 Å². The smallest absolute Gasteiger partial charge is 0.338 e. The molecule has 4 rings (SSSR count). The second-order valence-corrected chi connectivity index (χ2v) is 9.00. The number of nitrogens with one attached hydrogen (secondary N) is 2. The van der Waals surface area contributed by atoms with E-state index in [1.807, 2.05) is 0 Å². The number of anilines is 1. The summed E-state index contributed by atoms with van der Waals surface area (Å²) in [6.45, 7) is 1.15. The van der Waals surface area contributed by atoms with Gasteiger partial charge in [-0.05, 0) is 80.1 Å². The number of hydrogen-bond donors (Lipinski definition) is 5. The van der Waals surface area contributed by atoms with Crippen molar-refractivity contribution in [3.8, 4) is 17.2 Å². The largest absolute Gasteiger partial charge is 0.508 e. The third-order valence-corrected chi connectivity index (χ3v) is 6.39. The average Bonchev–Trinajstić information content (AvgIpc) is 3.13. The summed E-state index contributed by atoms with van der Waals surface area (Å²) in [5.74, 6) is -2.15. The van der Waals surface area contributed by atoms with Gasteiger partial charge in [-0.3, -0.25) is 9.59 Å². The van der Waals surface area contributed by atoms with Gasteiger partial charge in [-0.1, -0.05) is 6.07 Å². The lowest BCUT2D eigenvalue weighted by Crippen LogP contribution is -2.49. The molecule has 1 fully saturated rings. The number of nitrogens with zero attached hydrogens (tertiary/aromatic N) is 1. The number of esters is 1. The zero-order valence-electron chi connectivity index (χ0n) is 20.8. The van der Waals surface area contributed by atoms with Gasteiger partial charge in [-0.25, -0.2) is 4.79 Å². The minimum Gasteiger partial charge on any atom is -0.508 e. The number of aromatic hydroxyl groups is 3. The van der Waals surface area contributed by atoms with E-state index in [4.69, 9.17) is 4.74 Å². The highest BCUT2D eigenvalue weighted by Crippen LogP contribution is 2.29. The van der Waals surface area contributed by atoms with Gasteiger partial charge in [0.05, 0.1) is 11.6 Å². The van der Waals surface area contributed by atoms with Crippen LogP contribution in [0.1, 0.15) is 43.9 Å². The van der Waals surface area contributed by atoms with E-state index in [0.717, 1.165) is 13.0 Å². The molecule has 0 bridgehead atoms. The SMILES string of the molecule is CN(C(=O)c1c(O)cccc1O)c1ccc(C(=O)O[C@@H]2CCCNC[C@H]2NC(=O)c2ccc(O)cc2)cc1. The summed E-state index contributed by atoms with van der Waals surface area (Å²) in [5, 5.41) is 35.6. The number of carbonyl (C=O) groups is 3. The lowest BCUT2D eigenvalue weighted by molar-refractivity contribution is 0.0192. The van der Waals surface area contributed by atoms with E-state index in [9.17, 15) is 29.7 Å². The van der Waals surface area contributed by atoms with E-state index >= 15 is 0 Å². The lowest BCUT2D eigenvalue weighted by atomic mass is 10.1. The Morgan fingerprint density at radius 3 is 2.21 bits per heavy atom. The molecular weight excluding hydrogens is 490 g/mol. The number of phenolic OH excluding ortho intramolecular Hbond substituents is 3. The number of amides is 2. The topological polar surface area (TPSA) is 148 Å². The number of ether oxygens (including phenoxy) is 1. The Balaban J connectivity index is 1.43. The van der Waals surface area contributed by atoms with Crippen LogP contribution in [0, 0.1) is 0 Å². The molecule has 3 aromatic rings. The van der Waals surface area contributed by atoms with Crippen LogP contribution in [0.3, 0.4) is 0 Å². The Kier molecular flexibility index (Phi) is 8.12. The van der Waals surface area contributed by atoms with Crippen molar-refractivity contribution in [2.45, 2.75) is 25.0 Å². The number of benzene rings is 3. The molecular formula is C28H29N3O7. The molecule has 0 unspecified atom stereocenters. The molecule has 10 heteroatoms. The third kappa shape index (κ3) is 6.04. The van der Waals surface area contributed by atoms with Crippen LogP contribution < -0.4 is 15.5 Å². The summed E-state index contributed by atoms with van der Waals surface area (Å²) in [4.78, 5) is 39.7. The summed E-state index contributed by atoms with van der Waals surface area (Å²) in [7, 11) is 1.49. The van der Waals surface area contributed by atoms with Crippen molar-refractivity contribution >= 4 is 23.5 Å². The Bertz CT molecular complexity index is 1290. The molecule has 0 saturated carbocycles. The zero-order chi connectivity index (χ0) is 27.2. The molecule has 1 heterocycles. The first-order valence-corrected chi connectivity index (χ1v) is 12.1. The van der Waals surface area contributed by atoms with Crippen molar-refractivity contribution < 1.29 is 34.4 Å². The van der Waals surface area contributed by atoms with Gasteiger partial charge in [0, 0.05) is 24.8 Å². The summed E-state index contributed by atoms with van der Waals surface area (Å²) in [5.41, 5.74) is 0.858. The van der Waals surface area contributed by atoms with Crippen molar-refractivity contribution in [3.63, 3.8) is 0 Å². The summed E-state index contributed by atoms with van der Waals surface area (Å²) >= 11 is 0. The first kappa shape index (κ1) is 26.5. The molecule has 0 spiro atoms. The van der Waals surface area contributed by atoms with Crippen LogP contribution in [0.2, 0.25) is 0 Å². The highest BCUT2D eigenvalue weighted by Gasteiger charge is 2.29. The normalized spacial score (nSPS) is 17.2. The molecule has 1 aliphatic heterocycles. The molecule has 2 atom stereocenters. The maximum atomic E-state index is 13.0. The fraction of sp³-hybridized carbons (Fsp3) is 0.250. The third-order valence-electron chi connectivity index (χ3n) is 6.39. The Labute approximate surface area is 219 Å². The first-order valence-electron chi connectivity index (χ1n) is 12.1. The molecule has 198 valence electrons. The van der Waals surface area contributed by atoms with Gasteiger partial charge in [0.2, 0.25) is 0 Å². The number of rotatable bonds is 6. The van der Waals surface area contributed by atoms with Crippen LogP contribution in [0.15, 0.2) is 66.7 Å². The van der Waals surface area contributed by atoms with Crippen molar-refractivity contribution in [1.29, 1.82) is 0 Å². The van der Waals surface area contributed by atoms with Gasteiger partial charge in [-0.2, -0.15) is 0 Å². The first-order chi connectivity index (χ1) is 18.2. The van der Waals surface area contributed by atoms with Gasteiger partial charge in [0.1, 0.15) is 28.9 Å². The molecule has 3 aromatic carbocycles. The van der Waals surface area contributed by atoms with Gasteiger partial charge in [0.15, 0.2) is 0 Å². The molecule has 2 amide bonds. The van der Waals surface area contributed by atoms with Crippen LogP contribution in [0.4, 0.5) is 5.69 Å². The highest BCUT2D eigenvalue weighted by atomic mass is 16.5. The van der Waals surface area contributed by atoms with Crippen molar-refractivity contribution in [2.75, 3.05) is 25.0 Å². The molecule has 38 heavy (non-hydrogen) atoms. The predicted octanol–water partition coefficient (Wildman–Crippen LogP) is 2.79. The fourth-order valence-electron chi connectivity index (χ4n) is 4.23. The quantitative estimate of drug-likeness (QED) is 0.312. The summed E-state index contributed by atoms with van der Waals surface area (Å²) in [6.07, 6.45) is 0.749. The minimum absolute atomic E-state index is 0.0578. The van der Waals surface area contributed by atoms with Crippen molar-refractivity contribution in [3.05, 3.63) is 83.4 Å². The second kappa shape index (κ2) is 11.7. The van der Waals surface area contributed by atoms with E-state index in [-0.39, 0.29) is 34.3 Å². The minimum atomic E-state index is -0.617. The van der Waals surface area contributed by atoms with E-state index in [1.54, 1.807) is 12.1 Å². The molecule has 5 N–H and O–H groups in total. The van der Waals surface area contributed by atoms with Gasteiger partial charge >= 0.3 is 5.97 Å². The molecule has 10 nitrogen and oxygen atoms in total. The Morgan fingerprint density at radius 1 is 0.921 bits per heavy atom. The van der Waals surface area contributed by atoms with E-state index in [0.29, 0.717) is 24.2 Å². The Morgan fingerprint density at radius 2 is 1.55 bits per heavy atom. The van der Waals surface area contributed by atoms with Crippen molar-refractivity contribution in [1.82, 2.24) is 10.6 Å². The summed E-state index contributed by atoms with van der Waals surface area (Å²) < 4.78 is 5.79. The fourth-order valence-corrected chi connectivity index (χ4v) is 4.23. The maximum absolute atomic E-state index is 13.0. The molecule has 0 aliphatic carbocycles. The number of carbonyl (C=O) groups excluding carboxylic acids is 3.